The van der Waals surface area contributed by atoms with Crippen molar-refractivity contribution in [1.29, 1.82) is 0 Å². The summed E-state index contributed by atoms with van der Waals surface area (Å²) >= 11 is 0. The third-order valence-corrected chi connectivity index (χ3v) is 2.35. The molecule has 1 saturated carbocycles. The van der Waals surface area contributed by atoms with Gasteiger partial charge in [0.2, 0.25) is 5.91 Å². The molecule has 0 saturated heterocycles. The maximum absolute atomic E-state index is 11.2. The number of nitrogens with one attached hydrogen (secondary N) is 1. The van der Waals surface area contributed by atoms with Crippen LogP contribution in [-0.4, -0.2) is 12.5 Å². The number of hydrogen-bond acceptors (Lipinski definition) is 1. The molecule has 0 bridgehead atoms. The zero-order valence-electron chi connectivity index (χ0n) is 7.68. The predicted molar refractivity (Wildman–Crippen MR) is 49.8 cm³/mol. The standard InChI is InChI=1S/C10H17NO/c1-2-3-7-11-10(12)8-9-5-4-6-9/h2-3,9H,4-8H2,1H3,(H,11,12)/b3-2-. The summed E-state index contributed by atoms with van der Waals surface area (Å²) in [6, 6.07) is 0. The quantitative estimate of drug-likeness (QED) is 0.636. The van der Waals surface area contributed by atoms with E-state index in [-0.39, 0.29) is 5.91 Å². The minimum Gasteiger partial charge on any atom is -0.353 e. The number of hydrogen-bond donors (Lipinski definition) is 1. The minimum absolute atomic E-state index is 0.206. The molecule has 0 unspecified atom stereocenters. The molecule has 0 spiro atoms. The van der Waals surface area contributed by atoms with Crippen molar-refractivity contribution in [3.05, 3.63) is 12.2 Å². The summed E-state index contributed by atoms with van der Waals surface area (Å²) in [7, 11) is 0. The van der Waals surface area contributed by atoms with E-state index in [1.165, 1.54) is 19.3 Å². The third kappa shape index (κ3) is 3.07. The van der Waals surface area contributed by atoms with Crippen LogP contribution in [0.5, 0.6) is 0 Å². The highest BCUT2D eigenvalue weighted by atomic mass is 16.1. The Bertz CT molecular complexity index is 171. The first kappa shape index (κ1) is 9.30. The summed E-state index contributed by atoms with van der Waals surface area (Å²) in [6.07, 6.45) is 8.45. The fourth-order valence-corrected chi connectivity index (χ4v) is 1.32. The van der Waals surface area contributed by atoms with Crippen LogP contribution < -0.4 is 5.32 Å². The maximum Gasteiger partial charge on any atom is 0.220 e. The van der Waals surface area contributed by atoms with E-state index in [1.807, 2.05) is 19.1 Å². The van der Waals surface area contributed by atoms with Crippen LogP contribution >= 0.6 is 0 Å². The Labute approximate surface area is 74.0 Å². The van der Waals surface area contributed by atoms with Gasteiger partial charge in [0.1, 0.15) is 0 Å². The van der Waals surface area contributed by atoms with Gasteiger partial charge in [-0.3, -0.25) is 4.79 Å². The van der Waals surface area contributed by atoms with E-state index >= 15 is 0 Å². The minimum atomic E-state index is 0.206. The number of carbonyl (C=O) groups excluding carboxylic acids is 1. The Morgan fingerprint density at radius 3 is 2.83 bits per heavy atom. The molecule has 0 atom stereocenters. The van der Waals surface area contributed by atoms with Gasteiger partial charge in [0.05, 0.1) is 0 Å². The zero-order valence-corrected chi connectivity index (χ0v) is 7.68. The van der Waals surface area contributed by atoms with Crippen molar-refractivity contribution in [2.45, 2.75) is 32.6 Å². The van der Waals surface area contributed by atoms with E-state index in [4.69, 9.17) is 0 Å². The van der Waals surface area contributed by atoms with Gasteiger partial charge in [-0.05, 0) is 25.7 Å². The van der Waals surface area contributed by atoms with E-state index in [0.29, 0.717) is 12.5 Å². The summed E-state index contributed by atoms with van der Waals surface area (Å²) in [5.74, 6) is 0.883. The summed E-state index contributed by atoms with van der Waals surface area (Å²) in [6.45, 7) is 2.64. The zero-order chi connectivity index (χ0) is 8.81. The molecule has 1 amide bonds. The van der Waals surface area contributed by atoms with Crippen molar-refractivity contribution in [3.8, 4) is 0 Å². The molecule has 1 aliphatic carbocycles. The van der Waals surface area contributed by atoms with Gasteiger partial charge in [0, 0.05) is 13.0 Å². The SMILES string of the molecule is C/C=C\CNC(=O)CC1CCC1. The molecule has 0 aliphatic heterocycles. The van der Waals surface area contributed by atoms with E-state index in [9.17, 15) is 4.79 Å². The fraction of sp³-hybridized carbons (Fsp3) is 0.700. The highest BCUT2D eigenvalue weighted by Crippen LogP contribution is 2.28. The first-order valence-corrected chi connectivity index (χ1v) is 4.70. The smallest absolute Gasteiger partial charge is 0.220 e. The molecule has 68 valence electrons. The monoisotopic (exact) mass is 167 g/mol. The average molecular weight is 167 g/mol. The second-order valence-electron chi connectivity index (χ2n) is 3.37. The van der Waals surface area contributed by atoms with Crippen LogP contribution in [0.4, 0.5) is 0 Å². The Hall–Kier alpha value is -0.790. The van der Waals surface area contributed by atoms with E-state index in [0.717, 1.165) is 6.42 Å². The van der Waals surface area contributed by atoms with Gasteiger partial charge in [0.15, 0.2) is 0 Å². The summed E-state index contributed by atoms with van der Waals surface area (Å²) < 4.78 is 0. The van der Waals surface area contributed by atoms with Crippen molar-refractivity contribution in [3.63, 3.8) is 0 Å². The Morgan fingerprint density at radius 2 is 2.33 bits per heavy atom. The summed E-state index contributed by atoms with van der Waals surface area (Å²) in [5, 5.41) is 2.86. The van der Waals surface area contributed by atoms with Crippen LogP contribution in [0.25, 0.3) is 0 Å². The van der Waals surface area contributed by atoms with Gasteiger partial charge in [-0.1, -0.05) is 18.6 Å². The van der Waals surface area contributed by atoms with Gasteiger partial charge in [-0.2, -0.15) is 0 Å². The number of allylic oxidation sites excluding steroid dienone is 1. The topological polar surface area (TPSA) is 29.1 Å². The van der Waals surface area contributed by atoms with Gasteiger partial charge in [0.25, 0.3) is 0 Å². The molecule has 1 fully saturated rings. The molecule has 0 heterocycles. The average Bonchev–Trinajstić information content (AvgIpc) is 1.98. The molecule has 12 heavy (non-hydrogen) atoms. The van der Waals surface area contributed by atoms with Crippen LogP contribution in [-0.2, 0) is 4.79 Å². The molecule has 0 aromatic heterocycles. The van der Waals surface area contributed by atoms with Gasteiger partial charge in [-0.25, -0.2) is 0 Å². The van der Waals surface area contributed by atoms with Crippen molar-refractivity contribution in [2.75, 3.05) is 6.54 Å². The van der Waals surface area contributed by atoms with Crippen LogP contribution in [0.15, 0.2) is 12.2 Å². The first-order chi connectivity index (χ1) is 5.83. The largest absolute Gasteiger partial charge is 0.353 e. The van der Waals surface area contributed by atoms with Crippen molar-refractivity contribution in [2.24, 2.45) is 5.92 Å². The van der Waals surface area contributed by atoms with Crippen molar-refractivity contribution >= 4 is 5.91 Å². The number of amides is 1. The summed E-state index contributed by atoms with van der Waals surface area (Å²) in [5.41, 5.74) is 0. The van der Waals surface area contributed by atoms with Gasteiger partial charge < -0.3 is 5.32 Å². The second-order valence-corrected chi connectivity index (χ2v) is 3.37. The highest BCUT2D eigenvalue weighted by Gasteiger charge is 2.19. The second kappa shape index (κ2) is 4.96. The third-order valence-electron chi connectivity index (χ3n) is 2.35. The molecule has 0 aromatic carbocycles. The molecule has 0 aromatic rings. The van der Waals surface area contributed by atoms with E-state index in [1.54, 1.807) is 0 Å². The number of rotatable bonds is 4. The lowest BCUT2D eigenvalue weighted by molar-refractivity contribution is -0.122. The molecule has 2 heteroatoms. The maximum atomic E-state index is 11.2. The predicted octanol–water partition coefficient (Wildman–Crippen LogP) is 1.87. The van der Waals surface area contributed by atoms with Crippen LogP contribution in [0.2, 0.25) is 0 Å². The van der Waals surface area contributed by atoms with Crippen LogP contribution in [0.3, 0.4) is 0 Å². The highest BCUT2D eigenvalue weighted by molar-refractivity contribution is 5.76. The first-order valence-electron chi connectivity index (χ1n) is 4.70. The Balaban J connectivity index is 2.02. The van der Waals surface area contributed by atoms with E-state index < -0.39 is 0 Å². The molecular formula is C10H17NO. The molecule has 1 N–H and O–H groups in total. The van der Waals surface area contributed by atoms with Crippen molar-refractivity contribution < 1.29 is 4.79 Å². The fourth-order valence-electron chi connectivity index (χ4n) is 1.32. The molecular weight excluding hydrogens is 150 g/mol. The molecule has 0 radical (unpaired) electrons. The van der Waals surface area contributed by atoms with Crippen LogP contribution in [0, 0.1) is 5.92 Å². The normalized spacial score (nSPS) is 17.8. The van der Waals surface area contributed by atoms with Crippen LogP contribution in [0.1, 0.15) is 32.6 Å². The number of carbonyl (C=O) groups is 1. The van der Waals surface area contributed by atoms with Gasteiger partial charge >= 0.3 is 0 Å². The lowest BCUT2D eigenvalue weighted by Gasteiger charge is -2.24. The van der Waals surface area contributed by atoms with E-state index in [2.05, 4.69) is 5.32 Å². The molecule has 2 nitrogen and oxygen atoms in total. The Kier molecular flexibility index (Phi) is 3.85. The Morgan fingerprint density at radius 1 is 1.58 bits per heavy atom. The summed E-state index contributed by atoms with van der Waals surface area (Å²) in [4.78, 5) is 11.2. The lowest BCUT2D eigenvalue weighted by atomic mass is 9.83. The lowest BCUT2D eigenvalue weighted by Crippen LogP contribution is -2.27. The van der Waals surface area contributed by atoms with Gasteiger partial charge in [-0.15, -0.1) is 0 Å². The molecule has 1 aliphatic rings. The van der Waals surface area contributed by atoms with Crippen molar-refractivity contribution in [1.82, 2.24) is 5.32 Å². The molecule has 1 rings (SSSR count).